The van der Waals surface area contributed by atoms with Gasteiger partial charge in [0.25, 0.3) is 0 Å². The van der Waals surface area contributed by atoms with Crippen molar-refractivity contribution in [2.24, 2.45) is 0 Å². The van der Waals surface area contributed by atoms with Crippen molar-refractivity contribution in [1.82, 2.24) is 5.32 Å². The molecule has 1 aliphatic rings. The summed E-state index contributed by atoms with van der Waals surface area (Å²) in [5, 5.41) is 11.4. The van der Waals surface area contributed by atoms with Crippen LogP contribution in [0.5, 0.6) is 0 Å². The van der Waals surface area contributed by atoms with Gasteiger partial charge in [0, 0.05) is 0 Å². The van der Waals surface area contributed by atoms with Gasteiger partial charge >= 0.3 is 5.97 Å². The van der Waals surface area contributed by atoms with Crippen LogP contribution >= 0.6 is 0 Å². The van der Waals surface area contributed by atoms with Crippen LogP contribution in [0, 0.1) is 0 Å². The average Bonchev–Trinajstić information content (AvgIpc) is 1.62. The second-order valence-corrected chi connectivity index (χ2v) is 2.49. The molecule has 0 heterocycles. The van der Waals surface area contributed by atoms with Crippen molar-refractivity contribution in [3.8, 4) is 0 Å². The molecule has 1 fully saturated rings. The topological polar surface area (TPSA) is 49.3 Å². The van der Waals surface area contributed by atoms with Gasteiger partial charge in [-0.3, -0.25) is 4.79 Å². The summed E-state index contributed by atoms with van der Waals surface area (Å²) >= 11 is 0. The van der Waals surface area contributed by atoms with Crippen molar-refractivity contribution in [3.05, 3.63) is 0 Å². The molecular formula is C6H11NO2. The highest BCUT2D eigenvalue weighted by molar-refractivity contribution is 5.79. The summed E-state index contributed by atoms with van der Waals surface area (Å²) < 4.78 is 0. The number of aliphatic carboxylic acids is 1. The standard InChI is InChI=1S/C6H11NO2/c1-7-6(5(8)9)3-2-4-6/h7H,2-4H2,1H3,(H,8,9). The zero-order chi connectivity index (χ0) is 6.91. The Balaban J connectivity index is 2.57. The fourth-order valence-corrected chi connectivity index (χ4v) is 1.10. The number of hydrogen-bond acceptors (Lipinski definition) is 2. The summed E-state index contributed by atoms with van der Waals surface area (Å²) in [5.41, 5.74) is -0.569. The Hall–Kier alpha value is -0.570. The van der Waals surface area contributed by atoms with E-state index >= 15 is 0 Å². The van der Waals surface area contributed by atoms with Gasteiger partial charge in [-0.1, -0.05) is 0 Å². The molecule has 0 aliphatic heterocycles. The third-order valence-corrected chi connectivity index (χ3v) is 2.10. The lowest BCUT2D eigenvalue weighted by molar-refractivity contribution is -0.148. The van der Waals surface area contributed by atoms with Gasteiger partial charge in [-0.2, -0.15) is 0 Å². The molecule has 1 rings (SSSR count). The first-order valence-electron chi connectivity index (χ1n) is 3.13. The maximum Gasteiger partial charge on any atom is 0.323 e. The molecule has 0 aromatic heterocycles. The SMILES string of the molecule is CNC1(C(=O)O)CCC1. The third-order valence-electron chi connectivity index (χ3n) is 2.10. The maximum absolute atomic E-state index is 10.5. The van der Waals surface area contributed by atoms with Crippen LogP contribution in [-0.2, 0) is 4.79 Å². The molecule has 0 spiro atoms. The Morgan fingerprint density at radius 1 is 1.67 bits per heavy atom. The monoisotopic (exact) mass is 129 g/mol. The van der Waals surface area contributed by atoms with Crippen molar-refractivity contribution < 1.29 is 9.90 Å². The minimum Gasteiger partial charge on any atom is -0.480 e. The number of rotatable bonds is 2. The predicted molar refractivity (Wildman–Crippen MR) is 33.3 cm³/mol. The fourth-order valence-electron chi connectivity index (χ4n) is 1.10. The normalized spacial score (nSPS) is 22.8. The van der Waals surface area contributed by atoms with E-state index < -0.39 is 11.5 Å². The summed E-state index contributed by atoms with van der Waals surface area (Å²) in [4.78, 5) is 10.5. The summed E-state index contributed by atoms with van der Waals surface area (Å²) in [7, 11) is 1.70. The van der Waals surface area contributed by atoms with Crippen LogP contribution in [-0.4, -0.2) is 23.7 Å². The van der Waals surface area contributed by atoms with E-state index in [0.717, 1.165) is 19.3 Å². The number of likely N-dealkylation sites (N-methyl/N-ethyl adjacent to an activating group) is 1. The molecule has 0 unspecified atom stereocenters. The van der Waals surface area contributed by atoms with Crippen molar-refractivity contribution in [2.75, 3.05) is 7.05 Å². The van der Waals surface area contributed by atoms with E-state index in [1.807, 2.05) is 0 Å². The highest BCUT2D eigenvalue weighted by Gasteiger charge is 2.42. The number of carboxylic acid groups (broad SMARTS) is 1. The van der Waals surface area contributed by atoms with E-state index in [1.54, 1.807) is 7.05 Å². The van der Waals surface area contributed by atoms with Crippen LogP contribution in [0.3, 0.4) is 0 Å². The zero-order valence-electron chi connectivity index (χ0n) is 5.48. The smallest absolute Gasteiger partial charge is 0.323 e. The summed E-state index contributed by atoms with van der Waals surface area (Å²) in [6, 6.07) is 0. The first-order valence-corrected chi connectivity index (χ1v) is 3.13. The number of carboxylic acids is 1. The van der Waals surface area contributed by atoms with E-state index in [2.05, 4.69) is 5.32 Å². The highest BCUT2D eigenvalue weighted by Crippen LogP contribution is 2.31. The highest BCUT2D eigenvalue weighted by atomic mass is 16.4. The van der Waals surface area contributed by atoms with E-state index in [0.29, 0.717) is 0 Å². The third kappa shape index (κ3) is 0.812. The van der Waals surface area contributed by atoms with Crippen LogP contribution in [0.4, 0.5) is 0 Å². The van der Waals surface area contributed by atoms with Gasteiger partial charge in [0.2, 0.25) is 0 Å². The van der Waals surface area contributed by atoms with E-state index in [-0.39, 0.29) is 0 Å². The maximum atomic E-state index is 10.5. The van der Waals surface area contributed by atoms with Crippen LogP contribution in [0.1, 0.15) is 19.3 Å². The van der Waals surface area contributed by atoms with E-state index in [9.17, 15) is 4.79 Å². The van der Waals surface area contributed by atoms with E-state index in [4.69, 9.17) is 5.11 Å². The average molecular weight is 129 g/mol. The molecule has 3 heteroatoms. The summed E-state index contributed by atoms with van der Waals surface area (Å²) in [5.74, 6) is -0.712. The number of carbonyl (C=O) groups is 1. The van der Waals surface area contributed by atoms with Gasteiger partial charge < -0.3 is 10.4 Å². The first kappa shape index (κ1) is 6.55. The molecule has 1 aliphatic carbocycles. The molecule has 0 radical (unpaired) electrons. The second-order valence-electron chi connectivity index (χ2n) is 2.49. The van der Waals surface area contributed by atoms with Gasteiger partial charge in [-0.25, -0.2) is 0 Å². The van der Waals surface area contributed by atoms with Crippen molar-refractivity contribution >= 4 is 5.97 Å². The van der Waals surface area contributed by atoms with Gasteiger partial charge in [-0.15, -0.1) is 0 Å². The summed E-state index contributed by atoms with van der Waals surface area (Å²) in [6.45, 7) is 0. The number of hydrogen-bond donors (Lipinski definition) is 2. The summed E-state index contributed by atoms with van der Waals surface area (Å²) in [6.07, 6.45) is 2.59. The molecule has 2 N–H and O–H groups in total. The largest absolute Gasteiger partial charge is 0.480 e. The van der Waals surface area contributed by atoms with Gasteiger partial charge in [0.15, 0.2) is 0 Å². The molecule has 0 bridgehead atoms. The minimum atomic E-state index is -0.712. The number of nitrogens with one attached hydrogen (secondary N) is 1. The van der Waals surface area contributed by atoms with Gasteiger partial charge in [0.05, 0.1) is 0 Å². The molecule has 0 aromatic rings. The Morgan fingerprint density at radius 2 is 2.22 bits per heavy atom. The van der Waals surface area contributed by atoms with Crippen molar-refractivity contribution in [2.45, 2.75) is 24.8 Å². The van der Waals surface area contributed by atoms with Crippen molar-refractivity contribution in [1.29, 1.82) is 0 Å². The molecular weight excluding hydrogens is 118 g/mol. The van der Waals surface area contributed by atoms with Crippen LogP contribution in [0.2, 0.25) is 0 Å². The molecule has 52 valence electrons. The van der Waals surface area contributed by atoms with Crippen LogP contribution in [0.15, 0.2) is 0 Å². The molecule has 0 aromatic carbocycles. The second kappa shape index (κ2) is 1.99. The van der Waals surface area contributed by atoms with E-state index in [1.165, 1.54) is 0 Å². The first-order chi connectivity index (χ1) is 4.21. The van der Waals surface area contributed by atoms with Crippen molar-refractivity contribution in [3.63, 3.8) is 0 Å². The molecule has 1 saturated carbocycles. The minimum absolute atomic E-state index is 0.569. The lowest BCUT2D eigenvalue weighted by Gasteiger charge is -2.36. The Labute approximate surface area is 54.1 Å². The molecule has 3 nitrogen and oxygen atoms in total. The fraction of sp³-hybridized carbons (Fsp3) is 0.833. The predicted octanol–water partition coefficient (Wildman–Crippen LogP) is 0.213. The van der Waals surface area contributed by atoms with Crippen LogP contribution < -0.4 is 5.32 Å². The quantitative estimate of drug-likeness (QED) is 0.560. The molecule has 0 saturated heterocycles. The molecule has 0 amide bonds. The lowest BCUT2D eigenvalue weighted by atomic mass is 9.77. The molecule has 0 atom stereocenters. The van der Waals surface area contributed by atoms with Gasteiger partial charge in [0.1, 0.15) is 5.54 Å². The molecule has 9 heavy (non-hydrogen) atoms. The Morgan fingerprint density at radius 3 is 2.22 bits per heavy atom. The van der Waals surface area contributed by atoms with Gasteiger partial charge in [-0.05, 0) is 26.3 Å². The Bertz CT molecular complexity index is 124. The Kier molecular flexibility index (Phi) is 1.45. The van der Waals surface area contributed by atoms with Crippen LogP contribution in [0.25, 0.3) is 0 Å². The zero-order valence-corrected chi connectivity index (χ0v) is 5.48. The lowest BCUT2D eigenvalue weighted by Crippen LogP contribution is -2.55.